The number of fused-ring (bicyclic) bond motifs is 1. The van der Waals surface area contributed by atoms with Gasteiger partial charge in [0, 0.05) is 25.2 Å². The molecule has 1 aliphatic rings. The van der Waals surface area contributed by atoms with E-state index >= 15 is 0 Å². The number of nitrogens with one attached hydrogen (secondary N) is 1. The number of benzene rings is 1. The van der Waals surface area contributed by atoms with Crippen molar-refractivity contribution in [2.75, 3.05) is 18.4 Å². The van der Waals surface area contributed by atoms with Crippen molar-refractivity contribution in [2.45, 2.75) is 51.7 Å². The van der Waals surface area contributed by atoms with E-state index in [2.05, 4.69) is 10.3 Å². The monoisotopic (exact) mass is 376 g/mol. The summed E-state index contributed by atoms with van der Waals surface area (Å²) in [7, 11) is 0. The number of likely N-dealkylation sites (tertiary alicyclic amines) is 1. The van der Waals surface area contributed by atoms with E-state index in [1.165, 1.54) is 18.2 Å². The predicted octanol–water partition coefficient (Wildman–Crippen LogP) is 3.94. The van der Waals surface area contributed by atoms with Crippen LogP contribution in [0.3, 0.4) is 0 Å². The van der Waals surface area contributed by atoms with Crippen molar-refractivity contribution < 1.29 is 18.9 Å². The Labute approximate surface area is 156 Å². The number of rotatable bonds is 4. The first-order valence-electron chi connectivity index (χ1n) is 9.01. The molecule has 0 saturated carbocycles. The van der Waals surface area contributed by atoms with Crippen LogP contribution in [0.2, 0.25) is 0 Å². The Morgan fingerprint density at radius 3 is 2.93 bits per heavy atom. The van der Waals surface area contributed by atoms with Crippen LogP contribution in [-0.4, -0.2) is 45.6 Å². The molecular formula is C18H24N4O5. The minimum absolute atomic E-state index is 0.0297. The first-order valence-corrected chi connectivity index (χ1v) is 9.01. The van der Waals surface area contributed by atoms with Crippen LogP contribution in [0.25, 0.3) is 11.1 Å². The lowest BCUT2D eigenvalue weighted by Crippen LogP contribution is -2.48. The fourth-order valence-corrected chi connectivity index (χ4v) is 3.08. The molecule has 0 aliphatic carbocycles. The minimum Gasteiger partial charge on any atom is -0.444 e. The fourth-order valence-electron chi connectivity index (χ4n) is 3.08. The summed E-state index contributed by atoms with van der Waals surface area (Å²) < 4.78 is 11.1. The Balaban J connectivity index is 1.67. The maximum absolute atomic E-state index is 12.5. The number of hydrogen-bond acceptors (Lipinski definition) is 7. The molecule has 1 saturated heterocycles. The normalized spacial score (nSPS) is 17.7. The van der Waals surface area contributed by atoms with Crippen LogP contribution in [0.15, 0.2) is 22.6 Å². The molecule has 1 aromatic heterocycles. The number of hydrogen-bond donors (Lipinski definition) is 1. The Morgan fingerprint density at radius 1 is 1.44 bits per heavy atom. The zero-order valence-electron chi connectivity index (χ0n) is 15.7. The third kappa shape index (κ3) is 4.66. The molecule has 0 bridgehead atoms. The van der Waals surface area contributed by atoms with Crippen LogP contribution in [0, 0.1) is 10.1 Å². The van der Waals surface area contributed by atoms with Gasteiger partial charge in [-0.15, -0.1) is 0 Å². The number of nitrogens with zero attached hydrogens (tertiary/aromatic N) is 3. The first-order chi connectivity index (χ1) is 12.7. The molecule has 0 radical (unpaired) electrons. The average molecular weight is 376 g/mol. The molecule has 1 N–H and O–H groups in total. The molecule has 2 aromatic rings. The quantitative estimate of drug-likeness (QED) is 0.635. The molecule has 0 spiro atoms. The van der Waals surface area contributed by atoms with Gasteiger partial charge >= 0.3 is 6.09 Å². The van der Waals surface area contributed by atoms with Crippen LogP contribution >= 0.6 is 0 Å². The zero-order valence-corrected chi connectivity index (χ0v) is 15.7. The van der Waals surface area contributed by atoms with Gasteiger partial charge in [-0.25, -0.2) is 4.79 Å². The number of ether oxygens (including phenoxy) is 1. The maximum Gasteiger partial charge on any atom is 0.410 e. The minimum atomic E-state index is -0.540. The van der Waals surface area contributed by atoms with E-state index in [1.807, 2.05) is 20.8 Å². The molecule has 27 heavy (non-hydrogen) atoms. The van der Waals surface area contributed by atoms with E-state index in [1.54, 1.807) is 4.90 Å². The standard InChI is InChI=1S/C18H24N4O5/c1-18(2,3)27-17(23)21-9-5-4-6-13(21)11-19-16-20-14-10-12(22(24)25)7-8-15(14)26-16/h7-8,10,13H,4-6,9,11H2,1-3H3,(H,19,20). The van der Waals surface area contributed by atoms with E-state index in [-0.39, 0.29) is 23.8 Å². The molecule has 146 valence electrons. The smallest absolute Gasteiger partial charge is 0.410 e. The number of anilines is 1. The molecule has 9 nitrogen and oxygen atoms in total. The number of piperidine rings is 1. The molecule has 1 amide bonds. The van der Waals surface area contributed by atoms with Gasteiger partial charge in [0.15, 0.2) is 5.58 Å². The van der Waals surface area contributed by atoms with Gasteiger partial charge in [0.05, 0.1) is 11.0 Å². The first kappa shape index (κ1) is 18.9. The fraction of sp³-hybridized carbons (Fsp3) is 0.556. The Kier molecular flexibility index (Phi) is 5.20. The van der Waals surface area contributed by atoms with E-state index < -0.39 is 10.5 Å². The topological polar surface area (TPSA) is 111 Å². The van der Waals surface area contributed by atoms with Crippen molar-refractivity contribution in [3.8, 4) is 0 Å². The second kappa shape index (κ2) is 7.42. The van der Waals surface area contributed by atoms with Crippen LogP contribution in [0.4, 0.5) is 16.5 Å². The SMILES string of the molecule is CC(C)(C)OC(=O)N1CCCCC1CNc1nc2cc([N+](=O)[O-])ccc2o1. The van der Waals surface area contributed by atoms with Crippen LogP contribution in [0.1, 0.15) is 40.0 Å². The number of aromatic nitrogens is 1. The second-order valence-corrected chi connectivity index (χ2v) is 7.63. The van der Waals surface area contributed by atoms with Gasteiger partial charge < -0.3 is 19.4 Å². The summed E-state index contributed by atoms with van der Waals surface area (Å²) in [4.78, 5) is 28.8. The van der Waals surface area contributed by atoms with Gasteiger partial charge in [0.1, 0.15) is 11.1 Å². The summed E-state index contributed by atoms with van der Waals surface area (Å²) in [5.41, 5.74) is 0.308. The van der Waals surface area contributed by atoms with Gasteiger partial charge in [-0.05, 0) is 46.1 Å². The van der Waals surface area contributed by atoms with Crippen molar-refractivity contribution in [2.24, 2.45) is 0 Å². The molecule has 1 fully saturated rings. The number of oxazole rings is 1. The summed E-state index contributed by atoms with van der Waals surface area (Å²) in [6.45, 7) is 6.66. The summed E-state index contributed by atoms with van der Waals surface area (Å²) in [5, 5.41) is 14.0. The highest BCUT2D eigenvalue weighted by atomic mass is 16.6. The van der Waals surface area contributed by atoms with Gasteiger partial charge in [-0.1, -0.05) is 0 Å². The van der Waals surface area contributed by atoms with E-state index in [0.717, 1.165) is 19.3 Å². The summed E-state index contributed by atoms with van der Waals surface area (Å²) in [6.07, 6.45) is 2.52. The van der Waals surface area contributed by atoms with Crippen molar-refractivity contribution in [1.82, 2.24) is 9.88 Å². The molecule has 3 rings (SSSR count). The molecular weight excluding hydrogens is 352 g/mol. The van der Waals surface area contributed by atoms with Crippen molar-refractivity contribution in [1.29, 1.82) is 0 Å². The molecule has 1 aliphatic heterocycles. The van der Waals surface area contributed by atoms with Crippen LogP contribution < -0.4 is 5.32 Å². The van der Waals surface area contributed by atoms with E-state index in [9.17, 15) is 14.9 Å². The average Bonchev–Trinajstić information content (AvgIpc) is 3.00. The lowest BCUT2D eigenvalue weighted by atomic mass is 10.0. The summed E-state index contributed by atoms with van der Waals surface area (Å²) in [6, 6.07) is 4.53. The predicted molar refractivity (Wildman–Crippen MR) is 99.7 cm³/mol. The third-order valence-corrected chi connectivity index (χ3v) is 4.33. The number of carbonyl (C=O) groups excluding carboxylic acids is 1. The Morgan fingerprint density at radius 2 is 2.22 bits per heavy atom. The van der Waals surface area contributed by atoms with Gasteiger partial charge in [-0.2, -0.15) is 4.98 Å². The molecule has 9 heteroatoms. The third-order valence-electron chi connectivity index (χ3n) is 4.33. The lowest BCUT2D eigenvalue weighted by molar-refractivity contribution is -0.384. The molecule has 1 aromatic carbocycles. The maximum atomic E-state index is 12.5. The molecule has 1 atom stereocenters. The Bertz CT molecular complexity index is 842. The summed E-state index contributed by atoms with van der Waals surface area (Å²) in [5.74, 6) is 0. The number of amides is 1. The van der Waals surface area contributed by atoms with Gasteiger partial charge in [0.25, 0.3) is 11.7 Å². The van der Waals surface area contributed by atoms with Crippen molar-refractivity contribution >= 4 is 28.9 Å². The van der Waals surface area contributed by atoms with Gasteiger partial charge in [0.2, 0.25) is 0 Å². The van der Waals surface area contributed by atoms with Crippen molar-refractivity contribution in [3.63, 3.8) is 0 Å². The molecule has 1 unspecified atom stereocenters. The van der Waals surface area contributed by atoms with E-state index in [0.29, 0.717) is 24.2 Å². The number of non-ortho nitro benzene ring substituents is 1. The van der Waals surface area contributed by atoms with Crippen LogP contribution in [0.5, 0.6) is 0 Å². The number of nitro groups is 1. The van der Waals surface area contributed by atoms with Crippen molar-refractivity contribution in [3.05, 3.63) is 28.3 Å². The Hall–Kier alpha value is -2.84. The highest BCUT2D eigenvalue weighted by Gasteiger charge is 2.30. The van der Waals surface area contributed by atoms with Crippen LogP contribution in [-0.2, 0) is 4.74 Å². The highest BCUT2D eigenvalue weighted by molar-refractivity contribution is 5.77. The number of carbonyl (C=O) groups is 1. The van der Waals surface area contributed by atoms with Gasteiger partial charge in [-0.3, -0.25) is 10.1 Å². The zero-order chi connectivity index (χ0) is 19.6. The molecule has 2 heterocycles. The largest absolute Gasteiger partial charge is 0.444 e. The summed E-state index contributed by atoms with van der Waals surface area (Å²) >= 11 is 0. The van der Waals surface area contributed by atoms with E-state index in [4.69, 9.17) is 9.15 Å². The lowest BCUT2D eigenvalue weighted by Gasteiger charge is -2.36. The number of nitro benzene ring substituents is 1. The highest BCUT2D eigenvalue weighted by Crippen LogP contribution is 2.25. The second-order valence-electron chi connectivity index (χ2n) is 7.63.